The van der Waals surface area contributed by atoms with Crippen LogP contribution in [0, 0.1) is 12.3 Å². The summed E-state index contributed by atoms with van der Waals surface area (Å²) in [7, 11) is 0. The zero-order valence-electron chi connectivity index (χ0n) is 21.2. The van der Waals surface area contributed by atoms with Gasteiger partial charge in [0.1, 0.15) is 0 Å². The van der Waals surface area contributed by atoms with Gasteiger partial charge in [0.25, 0.3) is 0 Å². The summed E-state index contributed by atoms with van der Waals surface area (Å²) in [4.78, 5) is 28.3. The average Bonchev–Trinajstić information content (AvgIpc) is 3.18. The van der Waals surface area contributed by atoms with Crippen LogP contribution in [0.25, 0.3) is 10.8 Å². The molecule has 1 fully saturated rings. The van der Waals surface area contributed by atoms with E-state index in [2.05, 4.69) is 42.8 Å². The molecule has 9 nitrogen and oxygen atoms in total. The van der Waals surface area contributed by atoms with Crippen molar-refractivity contribution in [3.8, 4) is 0 Å². The second-order valence-corrected chi connectivity index (χ2v) is 10.3. The normalized spacial score (nSPS) is 16.6. The van der Waals surface area contributed by atoms with E-state index in [0.717, 1.165) is 35.0 Å². The second-order valence-electron chi connectivity index (χ2n) is 10.3. The van der Waals surface area contributed by atoms with Crippen LogP contribution in [0.2, 0.25) is 0 Å². The van der Waals surface area contributed by atoms with Gasteiger partial charge in [0.2, 0.25) is 12.3 Å². The quantitative estimate of drug-likeness (QED) is 0.251. The van der Waals surface area contributed by atoms with Gasteiger partial charge in [-0.2, -0.15) is 0 Å². The minimum atomic E-state index is -1.03. The first-order valence-electron chi connectivity index (χ1n) is 11.4. The molecule has 2 aromatic rings. The van der Waals surface area contributed by atoms with Crippen molar-refractivity contribution in [2.45, 2.75) is 72.1 Å². The van der Waals surface area contributed by atoms with E-state index in [4.69, 9.17) is 0 Å². The number of rotatable bonds is 5. The zero-order valence-corrected chi connectivity index (χ0v) is 21.2. The number of aliphatic hydroxyl groups excluding tert-OH is 1. The van der Waals surface area contributed by atoms with Crippen LogP contribution in [0.4, 0.5) is 0 Å². The monoisotopic (exact) mass is 475 g/mol. The lowest BCUT2D eigenvalue weighted by atomic mass is 9.90. The number of β-amino-alcohol motifs (C(OH)–C–C–N with tert-alkyl or cyclic N) is 1. The Hall–Kier alpha value is -2.59. The van der Waals surface area contributed by atoms with Crippen molar-refractivity contribution >= 4 is 23.1 Å². The van der Waals surface area contributed by atoms with E-state index < -0.39 is 11.6 Å². The Morgan fingerprint density at radius 1 is 1.26 bits per heavy atom. The van der Waals surface area contributed by atoms with Gasteiger partial charge >= 0.3 is 0 Å². The molecule has 0 saturated carbocycles. The number of fused-ring (bicyclic) bond motifs is 1. The molecule has 2 atom stereocenters. The molecule has 190 valence electrons. The van der Waals surface area contributed by atoms with E-state index in [1.54, 1.807) is 24.9 Å². The van der Waals surface area contributed by atoms with Crippen molar-refractivity contribution in [1.29, 1.82) is 0 Å². The van der Waals surface area contributed by atoms with Gasteiger partial charge in [-0.25, -0.2) is 0 Å². The first-order valence-corrected chi connectivity index (χ1v) is 11.4. The summed E-state index contributed by atoms with van der Waals surface area (Å²) < 4.78 is 0. The highest BCUT2D eigenvalue weighted by atomic mass is 16.3. The molecule has 2 unspecified atom stereocenters. The number of hydrogen-bond donors (Lipinski definition) is 5. The van der Waals surface area contributed by atoms with Crippen LogP contribution in [0.1, 0.15) is 64.8 Å². The summed E-state index contributed by atoms with van der Waals surface area (Å²) in [6.45, 7) is 12.7. The molecule has 0 bridgehead atoms. The van der Waals surface area contributed by atoms with Crippen molar-refractivity contribution in [3.05, 3.63) is 41.7 Å². The molecular formula is C25H41N5O4. The smallest absolute Gasteiger partial charge is 0.223 e. The largest absolute Gasteiger partial charge is 0.391 e. The third kappa shape index (κ3) is 8.98. The lowest BCUT2D eigenvalue weighted by molar-refractivity contribution is -0.132. The lowest BCUT2D eigenvalue weighted by Gasteiger charge is -2.29. The van der Waals surface area contributed by atoms with Crippen molar-refractivity contribution in [2.24, 2.45) is 17.1 Å². The highest BCUT2D eigenvalue weighted by molar-refractivity contribution is 5.85. The average molecular weight is 476 g/mol. The summed E-state index contributed by atoms with van der Waals surface area (Å²) >= 11 is 0. The van der Waals surface area contributed by atoms with Crippen LogP contribution in [0.3, 0.4) is 0 Å². The molecule has 2 heterocycles. The third-order valence-electron chi connectivity index (χ3n) is 5.46. The Bertz CT molecular complexity index is 937. The highest BCUT2D eigenvalue weighted by Gasteiger charge is 2.28. The summed E-state index contributed by atoms with van der Waals surface area (Å²) in [5.41, 5.74) is 0.853. The Morgan fingerprint density at radius 3 is 2.41 bits per heavy atom. The third-order valence-corrected chi connectivity index (χ3v) is 5.46. The van der Waals surface area contributed by atoms with Gasteiger partial charge in [-0.1, -0.05) is 32.9 Å². The summed E-state index contributed by atoms with van der Waals surface area (Å²) in [5, 5.41) is 24.2. The molecule has 3 rings (SSSR count). The molecule has 34 heavy (non-hydrogen) atoms. The minimum absolute atomic E-state index is 0.0463. The number of likely N-dealkylation sites (tertiary alicyclic amines) is 1. The number of aryl methyl sites for hydroxylation is 1. The second kappa shape index (κ2) is 12.8. The van der Waals surface area contributed by atoms with Crippen LogP contribution in [0.5, 0.6) is 0 Å². The fourth-order valence-corrected chi connectivity index (χ4v) is 3.84. The van der Waals surface area contributed by atoms with Gasteiger partial charge in [0.15, 0.2) is 0 Å². The summed E-state index contributed by atoms with van der Waals surface area (Å²) in [5.74, 6) is 8.17. The minimum Gasteiger partial charge on any atom is -0.391 e. The number of nitrogens with two attached hydrogens (primary N) is 2. The number of carbonyl (C=O) groups is 2. The zero-order chi connectivity index (χ0) is 26.1. The fourth-order valence-electron chi connectivity index (χ4n) is 3.84. The Morgan fingerprint density at radius 2 is 1.91 bits per heavy atom. The maximum absolute atomic E-state index is 11.6. The first-order chi connectivity index (χ1) is 15.8. The molecule has 7 N–H and O–H groups in total. The molecule has 2 amide bonds. The number of amides is 2. The number of benzene rings is 1. The Labute approximate surface area is 202 Å². The van der Waals surface area contributed by atoms with Crippen LogP contribution in [-0.2, 0) is 9.59 Å². The van der Waals surface area contributed by atoms with E-state index in [1.807, 2.05) is 31.2 Å². The van der Waals surface area contributed by atoms with Crippen LogP contribution in [0.15, 0.2) is 30.5 Å². The SMILES string of the molecule is CC(C)(C)CC(=O)N1CCC(O)C1.Cc1nccc2cc(C(NC=O)C(C)(C)O)ccc12.NN. The topological polar surface area (TPSA) is 155 Å². The molecular weight excluding hydrogens is 434 g/mol. The van der Waals surface area contributed by atoms with Crippen LogP contribution < -0.4 is 17.0 Å². The molecule has 0 aliphatic carbocycles. The molecule has 1 aliphatic rings. The van der Waals surface area contributed by atoms with Gasteiger partial charge in [0, 0.05) is 36.8 Å². The maximum atomic E-state index is 11.6. The van der Waals surface area contributed by atoms with E-state index in [9.17, 15) is 19.8 Å². The van der Waals surface area contributed by atoms with Crippen LogP contribution in [-0.4, -0.2) is 57.2 Å². The van der Waals surface area contributed by atoms with Crippen molar-refractivity contribution < 1.29 is 19.8 Å². The Kier molecular flexibility index (Phi) is 11.0. The predicted molar refractivity (Wildman–Crippen MR) is 134 cm³/mol. The molecule has 9 heteroatoms. The summed E-state index contributed by atoms with van der Waals surface area (Å²) in [6.07, 6.45) is 3.37. The number of nitrogens with one attached hydrogen (secondary N) is 1. The first kappa shape index (κ1) is 29.4. The number of aromatic nitrogens is 1. The predicted octanol–water partition coefficient (Wildman–Crippen LogP) is 1.94. The van der Waals surface area contributed by atoms with Crippen LogP contribution >= 0.6 is 0 Å². The van der Waals surface area contributed by atoms with Gasteiger partial charge in [-0.3, -0.25) is 26.3 Å². The van der Waals surface area contributed by atoms with E-state index in [1.165, 1.54) is 0 Å². The van der Waals surface area contributed by atoms with E-state index >= 15 is 0 Å². The number of carbonyl (C=O) groups excluding carboxylic acids is 2. The molecule has 0 spiro atoms. The molecule has 1 aliphatic heterocycles. The van der Waals surface area contributed by atoms with Gasteiger partial charge in [-0.05, 0) is 55.7 Å². The number of pyridine rings is 1. The maximum Gasteiger partial charge on any atom is 0.223 e. The highest BCUT2D eigenvalue weighted by Crippen LogP contribution is 2.28. The van der Waals surface area contributed by atoms with Crippen molar-refractivity contribution in [3.63, 3.8) is 0 Å². The van der Waals surface area contributed by atoms with Gasteiger partial charge in [-0.15, -0.1) is 0 Å². The van der Waals surface area contributed by atoms with Gasteiger partial charge < -0.3 is 20.4 Å². The number of aliphatic hydroxyl groups is 2. The van der Waals surface area contributed by atoms with Crippen molar-refractivity contribution in [1.82, 2.24) is 15.2 Å². The summed E-state index contributed by atoms with van der Waals surface area (Å²) in [6, 6.07) is 7.34. The Balaban J connectivity index is 0.000000337. The van der Waals surface area contributed by atoms with Gasteiger partial charge in [0.05, 0.1) is 17.7 Å². The van der Waals surface area contributed by atoms with E-state index in [-0.39, 0.29) is 17.4 Å². The standard InChI is InChI=1S/C15H18N2O2.C10H19NO2.H4N2/c1-10-13-5-4-12(8-11(13)6-7-16-10)14(17-9-18)15(2,3)19;1-10(2,3)6-9(13)11-5-4-8(12)7-11;1-2/h4-9,14,19H,1-3H3,(H,17,18);8,12H,4-7H2,1-3H3;1-2H2. The lowest BCUT2D eigenvalue weighted by Crippen LogP contribution is -2.38. The number of hydrazine groups is 1. The number of hydrogen-bond acceptors (Lipinski definition) is 7. The number of nitrogens with zero attached hydrogens (tertiary/aromatic N) is 2. The fraction of sp³-hybridized carbons (Fsp3) is 0.560. The molecule has 0 radical (unpaired) electrons. The van der Waals surface area contributed by atoms with E-state index in [0.29, 0.717) is 19.4 Å². The van der Waals surface area contributed by atoms with Crippen molar-refractivity contribution in [2.75, 3.05) is 13.1 Å². The molecule has 1 aromatic carbocycles. The molecule has 1 saturated heterocycles. The molecule has 1 aromatic heterocycles.